The van der Waals surface area contributed by atoms with Crippen LogP contribution in [-0.4, -0.2) is 47.6 Å². The van der Waals surface area contributed by atoms with Crippen molar-refractivity contribution in [1.29, 1.82) is 0 Å². The molecular formula is C12H19N3O2. The third-order valence-electron chi connectivity index (χ3n) is 2.29. The van der Waals surface area contributed by atoms with Crippen molar-refractivity contribution in [3.8, 4) is 0 Å². The number of carbonyl (C=O) groups is 1. The van der Waals surface area contributed by atoms with Gasteiger partial charge in [0.25, 0.3) is 0 Å². The number of amides is 1. The number of hydrogen-bond donors (Lipinski definition) is 2. The van der Waals surface area contributed by atoms with Gasteiger partial charge < -0.3 is 10.4 Å². The Morgan fingerprint density at radius 2 is 2.29 bits per heavy atom. The number of aromatic nitrogens is 1. The lowest BCUT2D eigenvalue weighted by atomic mass is 10.3. The highest BCUT2D eigenvalue weighted by Gasteiger charge is 2.06. The Bertz CT molecular complexity index is 351. The van der Waals surface area contributed by atoms with Crippen LogP contribution in [0.25, 0.3) is 0 Å². The van der Waals surface area contributed by atoms with Gasteiger partial charge in [-0.3, -0.25) is 9.69 Å². The number of hydrogen-bond acceptors (Lipinski definition) is 4. The van der Waals surface area contributed by atoms with Crippen molar-refractivity contribution in [2.24, 2.45) is 0 Å². The lowest BCUT2D eigenvalue weighted by Gasteiger charge is -2.15. The van der Waals surface area contributed by atoms with Crippen LogP contribution < -0.4 is 5.32 Å². The Morgan fingerprint density at radius 1 is 1.53 bits per heavy atom. The van der Waals surface area contributed by atoms with E-state index in [0.29, 0.717) is 25.3 Å². The summed E-state index contributed by atoms with van der Waals surface area (Å²) in [5, 5.41) is 11.4. The smallest absolute Gasteiger partial charge is 0.239 e. The molecule has 0 spiro atoms. The summed E-state index contributed by atoms with van der Waals surface area (Å²) in [7, 11) is 1.85. The zero-order valence-electron chi connectivity index (χ0n) is 10.3. The highest BCUT2D eigenvalue weighted by molar-refractivity contribution is 5.91. The first-order valence-corrected chi connectivity index (χ1v) is 5.63. The third-order valence-corrected chi connectivity index (χ3v) is 2.29. The summed E-state index contributed by atoms with van der Waals surface area (Å²) in [6.45, 7) is 3.09. The molecule has 1 rings (SSSR count). The van der Waals surface area contributed by atoms with Crippen LogP contribution in [0.4, 0.5) is 5.82 Å². The predicted molar refractivity (Wildman–Crippen MR) is 66.8 cm³/mol. The fourth-order valence-electron chi connectivity index (χ4n) is 1.39. The molecule has 0 saturated carbocycles. The van der Waals surface area contributed by atoms with Gasteiger partial charge >= 0.3 is 0 Å². The first-order chi connectivity index (χ1) is 8.11. The number of nitrogens with zero attached hydrogens (tertiary/aromatic N) is 2. The van der Waals surface area contributed by atoms with Crippen molar-refractivity contribution in [3.63, 3.8) is 0 Å². The Hall–Kier alpha value is -1.46. The maximum Gasteiger partial charge on any atom is 0.239 e. The molecule has 1 amide bonds. The number of likely N-dealkylation sites (N-methyl/N-ethyl adjacent to an activating group) is 1. The van der Waals surface area contributed by atoms with Crippen molar-refractivity contribution in [2.75, 3.05) is 32.1 Å². The molecule has 0 aliphatic rings. The molecule has 0 aliphatic carbocycles. The number of aliphatic hydroxyl groups excluding tert-OH is 1. The second-order valence-electron chi connectivity index (χ2n) is 4.08. The molecule has 1 aromatic heterocycles. The molecule has 17 heavy (non-hydrogen) atoms. The summed E-state index contributed by atoms with van der Waals surface area (Å²) in [5.41, 5.74) is 1.06. The Morgan fingerprint density at radius 3 is 2.88 bits per heavy atom. The van der Waals surface area contributed by atoms with E-state index in [4.69, 9.17) is 5.11 Å². The lowest BCUT2D eigenvalue weighted by molar-refractivity contribution is -0.117. The predicted octanol–water partition coefficient (Wildman–Crippen LogP) is 0.643. The van der Waals surface area contributed by atoms with Crippen LogP contribution in [0.15, 0.2) is 18.3 Å². The van der Waals surface area contributed by atoms with E-state index in [1.807, 2.05) is 24.9 Å². The third kappa shape index (κ3) is 5.42. The van der Waals surface area contributed by atoms with E-state index in [1.54, 1.807) is 12.3 Å². The van der Waals surface area contributed by atoms with Gasteiger partial charge in [0.1, 0.15) is 5.82 Å². The normalized spacial score (nSPS) is 10.6. The average molecular weight is 237 g/mol. The largest absolute Gasteiger partial charge is 0.396 e. The second-order valence-corrected chi connectivity index (χ2v) is 4.08. The molecule has 0 unspecified atom stereocenters. The molecule has 1 heterocycles. The molecule has 0 aromatic carbocycles. The van der Waals surface area contributed by atoms with Gasteiger partial charge in [-0.15, -0.1) is 0 Å². The first kappa shape index (κ1) is 13.6. The van der Waals surface area contributed by atoms with Crippen LogP contribution in [0.2, 0.25) is 0 Å². The number of carbonyl (C=O) groups excluding carboxylic acids is 1. The minimum absolute atomic E-state index is 0.0956. The van der Waals surface area contributed by atoms with Crippen LogP contribution in [0, 0.1) is 6.92 Å². The van der Waals surface area contributed by atoms with Gasteiger partial charge in [-0.2, -0.15) is 0 Å². The van der Waals surface area contributed by atoms with Crippen molar-refractivity contribution in [3.05, 3.63) is 23.9 Å². The van der Waals surface area contributed by atoms with Crippen LogP contribution in [0.3, 0.4) is 0 Å². The van der Waals surface area contributed by atoms with E-state index < -0.39 is 0 Å². The molecule has 0 fully saturated rings. The zero-order valence-corrected chi connectivity index (χ0v) is 10.3. The van der Waals surface area contributed by atoms with Gasteiger partial charge in [-0.25, -0.2) is 4.98 Å². The van der Waals surface area contributed by atoms with Gasteiger partial charge in [-0.05, 0) is 32.0 Å². The molecule has 5 nitrogen and oxygen atoms in total. The van der Waals surface area contributed by atoms with Gasteiger partial charge in [0.05, 0.1) is 6.54 Å². The topological polar surface area (TPSA) is 65.5 Å². The summed E-state index contributed by atoms with van der Waals surface area (Å²) in [6.07, 6.45) is 2.39. The van der Waals surface area contributed by atoms with E-state index in [9.17, 15) is 4.79 Å². The molecule has 94 valence electrons. The monoisotopic (exact) mass is 237 g/mol. The zero-order chi connectivity index (χ0) is 12.7. The molecule has 0 radical (unpaired) electrons. The number of pyridine rings is 1. The quantitative estimate of drug-likeness (QED) is 0.762. The van der Waals surface area contributed by atoms with E-state index in [0.717, 1.165) is 5.56 Å². The number of aryl methyl sites for hydroxylation is 1. The molecule has 5 heteroatoms. The van der Waals surface area contributed by atoms with Crippen molar-refractivity contribution in [1.82, 2.24) is 9.88 Å². The van der Waals surface area contributed by atoms with Crippen molar-refractivity contribution in [2.45, 2.75) is 13.3 Å². The minimum atomic E-state index is -0.0956. The fraction of sp³-hybridized carbons (Fsp3) is 0.500. The van der Waals surface area contributed by atoms with E-state index in [2.05, 4.69) is 10.3 Å². The molecule has 1 aromatic rings. The maximum absolute atomic E-state index is 11.6. The highest BCUT2D eigenvalue weighted by Crippen LogP contribution is 2.03. The number of anilines is 1. The number of aliphatic hydroxyl groups is 1. The van der Waals surface area contributed by atoms with Crippen LogP contribution in [-0.2, 0) is 4.79 Å². The molecule has 0 saturated heterocycles. The Balaban J connectivity index is 2.36. The van der Waals surface area contributed by atoms with Gasteiger partial charge in [0, 0.05) is 19.3 Å². The van der Waals surface area contributed by atoms with E-state index in [-0.39, 0.29) is 12.5 Å². The van der Waals surface area contributed by atoms with Crippen molar-refractivity contribution >= 4 is 11.7 Å². The summed E-state index contributed by atoms with van der Waals surface area (Å²) < 4.78 is 0. The standard InChI is InChI=1S/C12H19N3O2/c1-10-4-5-11(13-8-10)14-12(17)9-15(2)6-3-7-16/h4-5,8,16H,3,6-7,9H2,1-2H3,(H,13,14,17). The molecule has 0 aliphatic heterocycles. The fourth-order valence-corrected chi connectivity index (χ4v) is 1.39. The summed E-state index contributed by atoms with van der Waals surface area (Å²) in [4.78, 5) is 17.6. The summed E-state index contributed by atoms with van der Waals surface area (Å²) in [6, 6.07) is 3.68. The van der Waals surface area contributed by atoms with Crippen LogP contribution >= 0.6 is 0 Å². The first-order valence-electron chi connectivity index (χ1n) is 5.63. The van der Waals surface area contributed by atoms with Crippen LogP contribution in [0.1, 0.15) is 12.0 Å². The Kier molecular flexibility index (Phi) is 5.59. The van der Waals surface area contributed by atoms with E-state index >= 15 is 0 Å². The SMILES string of the molecule is Cc1ccc(NC(=O)CN(C)CCCO)nc1. The minimum Gasteiger partial charge on any atom is -0.396 e. The van der Waals surface area contributed by atoms with Gasteiger partial charge in [0.2, 0.25) is 5.91 Å². The molecule has 2 N–H and O–H groups in total. The summed E-state index contributed by atoms with van der Waals surface area (Å²) >= 11 is 0. The molecule has 0 atom stereocenters. The molecular weight excluding hydrogens is 218 g/mol. The summed E-state index contributed by atoms with van der Waals surface area (Å²) in [5.74, 6) is 0.470. The number of rotatable bonds is 6. The van der Waals surface area contributed by atoms with Gasteiger partial charge in [-0.1, -0.05) is 6.07 Å². The highest BCUT2D eigenvalue weighted by atomic mass is 16.3. The van der Waals surface area contributed by atoms with Gasteiger partial charge in [0.15, 0.2) is 0 Å². The van der Waals surface area contributed by atoms with E-state index in [1.165, 1.54) is 0 Å². The molecule has 0 bridgehead atoms. The maximum atomic E-state index is 11.6. The van der Waals surface area contributed by atoms with Crippen LogP contribution in [0.5, 0.6) is 0 Å². The second kappa shape index (κ2) is 6.98. The number of nitrogens with one attached hydrogen (secondary N) is 1. The average Bonchev–Trinajstić information content (AvgIpc) is 2.29. The lowest BCUT2D eigenvalue weighted by Crippen LogP contribution is -2.31. The Labute approximate surface area is 101 Å². The van der Waals surface area contributed by atoms with Crippen molar-refractivity contribution < 1.29 is 9.90 Å².